The van der Waals surface area contributed by atoms with Gasteiger partial charge in [0.25, 0.3) is 10.0 Å². The predicted molar refractivity (Wildman–Crippen MR) is 161 cm³/mol. The summed E-state index contributed by atoms with van der Waals surface area (Å²) in [4.78, 5) is 11.4. The van der Waals surface area contributed by atoms with Crippen molar-refractivity contribution in [3.05, 3.63) is 66.3 Å². The summed E-state index contributed by atoms with van der Waals surface area (Å²) in [5, 5.41) is 15.5. The van der Waals surface area contributed by atoms with E-state index >= 15 is 0 Å². The molecule has 224 valence electrons. The average Bonchev–Trinajstić information content (AvgIpc) is 3.57. The van der Waals surface area contributed by atoms with Crippen LogP contribution in [0.5, 0.6) is 0 Å². The molecule has 0 amide bonds. The van der Waals surface area contributed by atoms with Gasteiger partial charge in [-0.3, -0.25) is 4.68 Å². The van der Waals surface area contributed by atoms with Crippen LogP contribution >= 0.6 is 0 Å². The van der Waals surface area contributed by atoms with Crippen molar-refractivity contribution in [2.75, 3.05) is 20.6 Å². The smallest absolute Gasteiger partial charge is 0.256 e. The molecule has 3 aromatic heterocycles. The van der Waals surface area contributed by atoms with E-state index in [1.165, 1.54) is 31.7 Å². The maximum Gasteiger partial charge on any atom is 0.256 e. The summed E-state index contributed by atoms with van der Waals surface area (Å²) < 4.78 is 28.1. The van der Waals surface area contributed by atoms with Crippen LogP contribution in [-0.4, -0.2) is 74.2 Å². The molecule has 0 spiro atoms. The fourth-order valence-corrected chi connectivity index (χ4v) is 7.19. The molecule has 0 saturated heterocycles. The van der Waals surface area contributed by atoms with Crippen molar-refractivity contribution in [3.63, 3.8) is 0 Å². The zero-order valence-corrected chi connectivity index (χ0v) is 25.3. The molecule has 1 atom stereocenters. The van der Waals surface area contributed by atoms with Gasteiger partial charge >= 0.3 is 0 Å². The monoisotopic (exact) mass is 592 g/mol. The number of dihydropyridines is 1. The molecule has 6 rings (SSSR count). The largest absolute Gasteiger partial charge is 0.382 e. The molecular weight excluding hydrogens is 552 g/mol. The molecule has 1 unspecified atom stereocenters. The Balaban J connectivity index is 1.25. The average molecular weight is 593 g/mol. The van der Waals surface area contributed by atoms with Crippen LogP contribution in [0.1, 0.15) is 56.3 Å². The molecule has 0 bridgehead atoms. The topological polar surface area (TPSA) is 149 Å². The van der Waals surface area contributed by atoms with Crippen LogP contribution in [0.2, 0.25) is 0 Å². The zero-order chi connectivity index (χ0) is 29.5. The van der Waals surface area contributed by atoms with Gasteiger partial charge < -0.3 is 21.3 Å². The number of nitrogens with two attached hydrogens (primary N) is 1. The molecule has 0 aromatic carbocycles. The van der Waals surface area contributed by atoms with E-state index < -0.39 is 15.7 Å². The van der Waals surface area contributed by atoms with Crippen LogP contribution < -0.4 is 16.4 Å². The molecule has 13 heteroatoms. The standard InChI is InChI=1S/C29H40N10O2S/c1-37(2)14-11-20-4-6-22(7-5-20)34-26-16-29(30,32-18-24(26)25-12-15-38(3)36-25)27-10-13-31-28(35-27)21-17-33-39(19-21)42(40,41)23-8-9-23/h10,12-13,15-20,22-23,32,34H,4-9,11,14,30H2,1-3H3. The first-order valence-electron chi connectivity index (χ1n) is 14.6. The Morgan fingerprint density at radius 1 is 1.17 bits per heavy atom. The Bertz CT molecular complexity index is 1600. The summed E-state index contributed by atoms with van der Waals surface area (Å²) in [5.41, 5.74) is 9.60. The van der Waals surface area contributed by atoms with Crippen molar-refractivity contribution in [1.82, 2.24) is 44.5 Å². The first-order chi connectivity index (χ1) is 20.1. The summed E-state index contributed by atoms with van der Waals surface area (Å²) in [5.74, 6) is 1.12. The van der Waals surface area contributed by atoms with Crippen molar-refractivity contribution < 1.29 is 8.42 Å². The molecule has 1 aliphatic heterocycles. The second-order valence-electron chi connectivity index (χ2n) is 12.1. The normalized spacial score (nSPS) is 24.7. The minimum Gasteiger partial charge on any atom is -0.382 e. The van der Waals surface area contributed by atoms with Crippen molar-refractivity contribution in [2.45, 2.75) is 61.9 Å². The third-order valence-electron chi connectivity index (χ3n) is 8.40. The maximum absolute atomic E-state index is 12.6. The van der Waals surface area contributed by atoms with Crippen molar-refractivity contribution in [3.8, 4) is 11.4 Å². The van der Waals surface area contributed by atoms with Gasteiger partial charge in [0.1, 0.15) is 0 Å². The molecular formula is C29H40N10O2S. The molecule has 3 aromatic rings. The van der Waals surface area contributed by atoms with Gasteiger partial charge in [-0.15, -0.1) is 0 Å². The molecule has 4 heterocycles. The lowest BCUT2D eigenvalue weighted by Crippen LogP contribution is -2.50. The summed E-state index contributed by atoms with van der Waals surface area (Å²) in [6.45, 7) is 1.12. The van der Waals surface area contributed by atoms with E-state index in [0.717, 1.165) is 46.4 Å². The summed E-state index contributed by atoms with van der Waals surface area (Å²) >= 11 is 0. The van der Waals surface area contributed by atoms with E-state index in [1.807, 2.05) is 31.6 Å². The number of aryl methyl sites for hydroxylation is 1. The molecule has 2 fully saturated rings. The fourth-order valence-electron chi connectivity index (χ4n) is 5.72. The van der Waals surface area contributed by atoms with Crippen LogP contribution in [0.3, 0.4) is 0 Å². The van der Waals surface area contributed by atoms with Crippen LogP contribution in [-0.2, 0) is 22.7 Å². The van der Waals surface area contributed by atoms with Crippen LogP contribution in [0.15, 0.2) is 54.9 Å². The van der Waals surface area contributed by atoms with E-state index in [0.29, 0.717) is 36.0 Å². The maximum atomic E-state index is 12.6. The molecule has 4 N–H and O–H groups in total. The van der Waals surface area contributed by atoms with Gasteiger partial charge in [0, 0.05) is 43.0 Å². The van der Waals surface area contributed by atoms with Gasteiger partial charge in [0.15, 0.2) is 11.5 Å². The SMILES string of the molecule is CN(C)CCC1CCC(NC2=CC(N)(c3ccnc(-c4cnn(S(=O)(=O)C5CC5)c4)n3)NC=C2c2ccn(C)n2)CC1. The van der Waals surface area contributed by atoms with Crippen LogP contribution in [0.25, 0.3) is 17.0 Å². The lowest BCUT2D eigenvalue weighted by atomic mass is 9.83. The van der Waals surface area contributed by atoms with Gasteiger partial charge in [0.2, 0.25) is 0 Å². The quantitative estimate of drug-likeness (QED) is 0.320. The first kappa shape index (κ1) is 28.6. The molecule has 0 radical (unpaired) electrons. The predicted octanol–water partition coefficient (Wildman–Crippen LogP) is 2.15. The van der Waals surface area contributed by atoms with Crippen LogP contribution in [0, 0.1) is 5.92 Å². The Morgan fingerprint density at radius 3 is 2.64 bits per heavy atom. The molecule has 3 aliphatic rings. The third-order valence-corrected chi connectivity index (χ3v) is 10.4. The summed E-state index contributed by atoms with van der Waals surface area (Å²) in [6, 6.07) is 4.09. The van der Waals surface area contributed by atoms with E-state index in [9.17, 15) is 8.42 Å². The number of nitrogens with zero attached hydrogens (tertiary/aromatic N) is 7. The number of hydrogen-bond donors (Lipinski definition) is 3. The van der Waals surface area contributed by atoms with Gasteiger partial charge in [-0.05, 0) is 89.7 Å². The van der Waals surface area contributed by atoms with Crippen LogP contribution in [0.4, 0.5) is 0 Å². The highest BCUT2D eigenvalue weighted by Crippen LogP contribution is 2.33. The molecule has 12 nitrogen and oxygen atoms in total. The zero-order valence-electron chi connectivity index (χ0n) is 24.4. The van der Waals surface area contributed by atoms with E-state index in [1.54, 1.807) is 16.9 Å². The Hall–Kier alpha value is -3.55. The molecule has 2 saturated carbocycles. The lowest BCUT2D eigenvalue weighted by molar-refractivity contribution is 0.262. The van der Waals surface area contributed by atoms with E-state index in [-0.39, 0.29) is 5.25 Å². The summed E-state index contributed by atoms with van der Waals surface area (Å²) in [7, 11) is 2.69. The highest BCUT2D eigenvalue weighted by molar-refractivity contribution is 7.90. The van der Waals surface area contributed by atoms with Gasteiger partial charge in [-0.1, -0.05) is 0 Å². The minimum atomic E-state index is -3.48. The lowest BCUT2D eigenvalue weighted by Gasteiger charge is -2.35. The van der Waals surface area contributed by atoms with Crippen molar-refractivity contribution in [1.29, 1.82) is 0 Å². The minimum absolute atomic E-state index is 0.335. The van der Waals surface area contributed by atoms with E-state index in [4.69, 9.17) is 10.7 Å². The summed E-state index contributed by atoms with van der Waals surface area (Å²) in [6.07, 6.45) is 17.6. The Morgan fingerprint density at radius 2 is 1.95 bits per heavy atom. The second-order valence-corrected chi connectivity index (χ2v) is 14.1. The molecule has 2 aliphatic carbocycles. The number of nitrogens with one attached hydrogen (secondary N) is 2. The van der Waals surface area contributed by atoms with Gasteiger partial charge in [-0.25, -0.2) is 18.4 Å². The highest BCUT2D eigenvalue weighted by atomic mass is 32.2. The van der Waals surface area contributed by atoms with Crippen molar-refractivity contribution >= 4 is 15.6 Å². The van der Waals surface area contributed by atoms with Gasteiger partial charge in [0.05, 0.1) is 34.6 Å². The number of hydrogen-bond acceptors (Lipinski definition) is 10. The highest BCUT2D eigenvalue weighted by Gasteiger charge is 2.38. The third kappa shape index (κ3) is 5.99. The van der Waals surface area contributed by atoms with E-state index in [2.05, 4.69) is 44.8 Å². The molecule has 42 heavy (non-hydrogen) atoms. The first-order valence-corrected chi connectivity index (χ1v) is 16.2. The fraction of sp³-hybridized carbons (Fsp3) is 0.517. The number of aromatic nitrogens is 6. The Labute approximate surface area is 247 Å². The number of allylic oxidation sites excluding steroid dienone is 1. The number of rotatable bonds is 10. The second kappa shape index (κ2) is 11.3. The van der Waals surface area contributed by atoms with Crippen molar-refractivity contribution in [2.24, 2.45) is 18.7 Å². The van der Waals surface area contributed by atoms with Gasteiger partial charge in [-0.2, -0.15) is 14.3 Å². The Kier molecular flexibility index (Phi) is 7.66.